The summed E-state index contributed by atoms with van der Waals surface area (Å²) in [6.07, 6.45) is 3.52. The summed E-state index contributed by atoms with van der Waals surface area (Å²) in [7, 11) is 0. The zero-order valence-corrected chi connectivity index (χ0v) is 22.6. The van der Waals surface area contributed by atoms with Crippen molar-refractivity contribution in [3.05, 3.63) is 41.7 Å². The van der Waals surface area contributed by atoms with E-state index in [0.29, 0.717) is 24.3 Å². The van der Waals surface area contributed by atoms with Gasteiger partial charge in [0, 0.05) is 11.1 Å². The maximum atomic E-state index is 14.2. The van der Waals surface area contributed by atoms with E-state index in [1.54, 1.807) is 13.8 Å². The summed E-state index contributed by atoms with van der Waals surface area (Å²) >= 11 is 0. The summed E-state index contributed by atoms with van der Waals surface area (Å²) in [5.74, 6) is -8.56. The van der Waals surface area contributed by atoms with Crippen molar-refractivity contribution in [1.29, 1.82) is 0 Å². The number of hydrogen-bond acceptors (Lipinski definition) is 7. The van der Waals surface area contributed by atoms with Crippen LogP contribution in [-0.4, -0.2) is 58.9 Å². The third kappa shape index (κ3) is 8.25. The number of furan rings is 1. The first kappa shape index (κ1) is 32.2. The van der Waals surface area contributed by atoms with Crippen LogP contribution in [0.25, 0.3) is 11.3 Å². The molecule has 1 heterocycles. The Bertz CT molecular complexity index is 1170. The number of unbranched alkanes of at least 4 members (excludes halogenated alkanes) is 2. The molecule has 3 amide bonds. The van der Waals surface area contributed by atoms with Gasteiger partial charge in [0.25, 0.3) is 5.91 Å². The van der Waals surface area contributed by atoms with Gasteiger partial charge in [-0.3, -0.25) is 19.6 Å². The molecular weight excluding hydrogens is 532 g/mol. The van der Waals surface area contributed by atoms with E-state index < -0.39 is 41.2 Å². The van der Waals surface area contributed by atoms with Crippen molar-refractivity contribution in [3.63, 3.8) is 0 Å². The predicted molar refractivity (Wildman–Crippen MR) is 139 cm³/mol. The summed E-state index contributed by atoms with van der Waals surface area (Å²) < 4.78 is 39.2. The molecular formula is C27H35F2N3O8. The molecule has 0 saturated carbocycles. The van der Waals surface area contributed by atoms with E-state index in [9.17, 15) is 33.2 Å². The summed E-state index contributed by atoms with van der Waals surface area (Å²) in [5.41, 5.74) is -0.751. The van der Waals surface area contributed by atoms with E-state index in [4.69, 9.17) is 14.3 Å². The number of aliphatic carboxylic acids is 1. The Labute approximate surface area is 230 Å². The Kier molecular flexibility index (Phi) is 12.1. The number of ether oxygens (including phenoxy) is 1. The molecule has 0 radical (unpaired) electrons. The first-order chi connectivity index (χ1) is 19.0. The number of amides is 3. The molecule has 0 aliphatic carbocycles. The van der Waals surface area contributed by atoms with Crippen LogP contribution < -0.4 is 15.4 Å². The van der Waals surface area contributed by atoms with E-state index in [1.165, 1.54) is 18.2 Å². The second-order valence-electron chi connectivity index (χ2n) is 9.01. The zero-order chi connectivity index (χ0) is 29.9. The Morgan fingerprint density at radius 3 is 2.45 bits per heavy atom. The van der Waals surface area contributed by atoms with Gasteiger partial charge in [0.2, 0.25) is 12.3 Å². The number of carboxylic acid groups (broad SMARTS) is 1. The maximum absolute atomic E-state index is 14.2. The molecule has 0 spiro atoms. The van der Waals surface area contributed by atoms with E-state index >= 15 is 0 Å². The molecule has 11 nitrogen and oxygen atoms in total. The van der Waals surface area contributed by atoms with Crippen LogP contribution in [0, 0.1) is 5.92 Å². The maximum Gasteiger partial charge on any atom is 0.379 e. The van der Waals surface area contributed by atoms with E-state index in [0.717, 1.165) is 25.0 Å². The quantitative estimate of drug-likeness (QED) is 0.0730. The van der Waals surface area contributed by atoms with Gasteiger partial charge < -0.3 is 24.9 Å². The van der Waals surface area contributed by atoms with Gasteiger partial charge in [0.1, 0.15) is 11.5 Å². The molecule has 4 N–H and O–H groups in total. The second kappa shape index (κ2) is 15.0. The molecule has 2 atom stereocenters. The van der Waals surface area contributed by atoms with Gasteiger partial charge >= 0.3 is 11.9 Å². The van der Waals surface area contributed by atoms with Crippen LogP contribution in [0.5, 0.6) is 5.75 Å². The highest BCUT2D eigenvalue weighted by Gasteiger charge is 2.41. The lowest BCUT2D eigenvalue weighted by atomic mass is 9.90. The Hall–Kier alpha value is -4.00. The normalized spacial score (nSPS) is 12.8. The summed E-state index contributed by atoms with van der Waals surface area (Å²) in [5, 5.41) is 24.4. The lowest BCUT2D eigenvalue weighted by Gasteiger charge is -2.29. The van der Waals surface area contributed by atoms with Crippen LogP contribution in [0.15, 0.2) is 34.7 Å². The minimum Gasteiger partial charge on any atom is -0.494 e. The fourth-order valence-electron chi connectivity index (χ4n) is 4.19. The lowest BCUT2D eigenvalue weighted by molar-refractivity contribution is -0.168. The first-order valence-electron chi connectivity index (χ1n) is 13.0. The van der Waals surface area contributed by atoms with Crippen molar-refractivity contribution in [2.24, 2.45) is 5.92 Å². The predicted octanol–water partition coefficient (Wildman–Crippen LogP) is 4.15. The number of carbonyl (C=O) groups is 4. The first-order valence-corrected chi connectivity index (χ1v) is 13.0. The molecule has 1 aromatic carbocycles. The molecule has 220 valence electrons. The summed E-state index contributed by atoms with van der Waals surface area (Å²) in [4.78, 5) is 47.6. The number of hydrogen-bond donors (Lipinski definition) is 4. The molecule has 0 aliphatic rings. The molecule has 13 heteroatoms. The zero-order valence-electron chi connectivity index (χ0n) is 22.6. The topological polar surface area (TPSA) is 158 Å². The van der Waals surface area contributed by atoms with E-state index in [2.05, 4.69) is 10.6 Å². The monoisotopic (exact) mass is 567 g/mol. The molecule has 2 aromatic rings. The van der Waals surface area contributed by atoms with Crippen LogP contribution in [0.3, 0.4) is 0 Å². The van der Waals surface area contributed by atoms with Crippen LogP contribution in [0.4, 0.5) is 8.78 Å². The highest BCUT2D eigenvalue weighted by molar-refractivity contribution is 5.92. The number of nitrogens with one attached hydrogen (secondary N) is 2. The third-order valence-electron chi connectivity index (χ3n) is 6.26. The average molecular weight is 568 g/mol. The number of rotatable bonds is 17. The smallest absolute Gasteiger partial charge is 0.379 e. The van der Waals surface area contributed by atoms with Crippen molar-refractivity contribution in [2.45, 2.75) is 64.8 Å². The fourth-order valence-corrected chi connectivity index (χ4v) is 4.19. The molecule has 0 saturated heterocycles. The Balaban J connectivity index is 2.13. The SMILES string of the molecule is CCCCCC(C(=O)NCNC(=O)c1ccc(-c2cc(OCC)cc(C(F)(F)C(=O)O)c2)o1)[C@@H](CC)N(O)C=O. The Morgan fingerprint density at radius 2 is 1.85 bits per heavy atom. The minimum absolute atomic E-state index is 0.00376. The number of nitrogens with zero attached hydrogens (tertiary/aromatic N) is 1. The van der Waals surface area contributed by atoms with Crippen LogP contribution in [0.1, 0.15) is 69.0 Å². The highest BCUT2D eigenvalue weighted by atomic mass is 19.3. The van der Waals surface area contributed by atoms with Gasteiger partial charge in [-0.2, -0.15) is 8.78 Å². The van der Waals surface area contributed by atoms with Crippen LogP contribution in [-0.2, 0) is 20.3 Å². The van der Waals surface area contributed by atoms with Gasteiger partial charge in [0.15, 0.2) is 5.76 Å². The molecule has 0 fully saturated rings. The van der Waals surface area contributed by atoms with Gasteiger partial charge in [-0.15, -0.1) is 0 Å². The van der Waals surface area contributed by atoms with Crippen molar-refractivity contribution < 1.29 is 47.4 Å². The Morgan fingerprint density at radius 1 is 1.12 bits per heavy atom. The van der Waals surface area contributed by atoms with Gasteiger partial charge in [-0.05, 0) is 50.1 Å². The minimum atomic E-state index is -4.18. The number of alkyl halides is 2. The summed E-state index contributed by atoms with van der Waals surface area (Å²) in [6.45, 7) is 5.24. The van der Waals surface area contributed by atoms with Crippen LogP contribution >= 0.6 is 0 Å². The van der Waals surface area contributed by atoms with E-state index in [-0.39, 0.29) is 42.5 Å². The fraction of sp³-hybridized carbons (Fsp3) is 0.481. The number of carbonyl (C=O) groups excluding carboxylic acids is 3. The molecule has 0 aliphatic heterocycles. The number of hydroxylamine groups is 2. The standard InChI is InChI=1S/C27H35F2N3O8/c1-4-7-8-9-20(21(5-2)32(38)16-33)24(34)30-15-31-25(35)23-11-10-22(40-23)17-12-18(27(28,29)26(36)37)14-19(13-17)39-6-3/h10-14,16,20-21,38H,4-9,15H2,1-3H3,(H,30,34)(H,31,35)(H,36,37)/t20?,21-/m1/s1. The molecule has 1 aromatic heterocycles. The number of benzene rings is 1. The largest absolute Gasteiger partial charge is 0.494 e. The van der Waals surface area contributed by atoms with Gasteiger partial charge in [-0.1, -0.05) is 33.1 Å². The van der Waals surface area contributed by atoms with Crippen molar-refractivity contribution >= 4 is 24.2 Å². The summed E-state index contributed by atoms with van der Waals surface area (Å²) in [6, 6.07) is 5.14. The second-order valence-corrected chi connectivity index (χ2v) is 9.01. The molecule has 40 heavy (non-hydrogen) atoms. The number of carboxylic acids is 1. The van der Waals surface area contributed by atoms with Crippen molar-refractivity contribution in [1.82, 2.24) is 15.7 Å². The molecule has 1 unspecified atom stereocenters. The van der Waals surface area contributed by atoms with Crippen LogP contribution in [0.2, 0.25) is 0 Å². The number of halogens is 2. The van der Waals surface area contributed by atoms with E-state index in [1.807, 2.05) is 6.92 Å². The molecule has 0 bridgehead atoms. The average Bonchev–Trinajstić information content (AvgIpc) is 3.43. The van der Waals surface area contributed by atoms with Gasteiger partial charge in [0.05, 0.1) is 25.2 Å². The molecule has 2 rings (SSSR count). The van der Waals surface area contributed by atoms with Gasteiger partial charge in [-0.25, -0.2) is 9.86 Å². The van der Waals surface area contributed by atoms with Crippen molar-refractivity contribution in [2.75, 3.05) is 13.3 Å². The third-order valence-corrected chi connectivity index (χ3v) is 6.26. The highest BCUT2D eigenvalue weighted by Crippen LogP contribution is 2.35. The lowest BCUT2D eigenvalue weighted by Crippen LogP contribution is -2.47. The van der Waals surface area contributed by atoms with Crippen molar-refractivity contribution in [3.8, 4) is 17.1 Å².